The zero-order valence-corrected chi connectivity index (χ0v) is 13.6. The molecule has 0 radical (unpaired) electrons. The molecule has 0 saturated heterocycles. The van der Waals surface area contributed by atoms with Crippen LogP contribution in [0.15, 0.2) is 24.3 Å². The second-order valence-corrected chi connectivity index (χ2v) is 6.68. The molecule has 0 bridgehead atoms. The third-order valence-electron chi connectivity index (χ3n) is 2.85. The summed E-state index contributed by atoms with van der Waals surface area (Å²) in [5.74, 6) is 0.184. The molecular weight excluding hydrogens is 274 g/mol. The highest BCUT2D eigenvalue weighted by Crippen LogP contribution is 2.23. The number of amides is 1. The van der Waals surface area contributed by atoms with Crippen molar-refractivity contribution in [2.24, 2.45) is 5.92 Å². The minimum Gasteiger partial charge on any atom is -0.366 e. The van der Waals surface area contributed by atoms with E-state index in [0.717, 1.165) is 5.56 Å². The Morgan fingerprint density at radius 2 is 1.80 bits per heavy atom. The number of halogens is 1. The van der Waals surface area contributed by atoms with Crippen LogP contribution in [0.1, 0.15) is 46.2 Å². The topological polar surface area (TPSA) is 38.3 Å². The van der Waals surface area contributed by atoms with E-state index in [1.807, 2.05) is 45.0 Å². The summed E-state index contributed by atoms with van der Waals surface area (Å²) in [5.41, 5.74) is 0.735. The third kappa shape index (κ3) is 5.93. The molecule has 20 heavy (non-hydrogen) atoms. The summed E-state index contributed by atoms with van der Waals surface area (Å²) >= 11 is 5.89. The quantitative estimate of drug-likeness (QED) is 0.893. The molecule has 0 aliphatic rings. The van der Waals surface area contributed by atoms with Gasteiger partial charge in [-0.3, -0.25) is 4.79 Å². The Bertz CT molecular complexity index is 435. The van der Waals surface area contributed by atoms with Crippen molar-refractivity contribution < 1.29 is 9.53 Å². The molecule has 0 aliphatic heterocycles. The van der Waals surface area contributed by atoms with Crippen molar-refractivity contribution in [2.45, 2.75) is 46.3 Å². The molecule has 0 heterocycles. The lowest BCUT2D eigenvalue weighted by atomic mass is 9.96. The highest BCUT2D eigenvalue weighted by molar-refractivity contribution is 6.30. The van der Waals surface area contributed by atoms with Gasteiger partial charge in [0.05, 0.1) is 11.6 Å². The molecule has 4 heteroatoms. The Morgan fingerprint density at radius 3 is 2.25 bits per heavy atom. The number of rotatable bonds is 5. The molecule has 3 nitrogen and oxygen atoms in total. The van der Waals surface area contributed by atoms with E-state index in [-0.39, 0.29) is 30.1 Å². The van der Waals surface area contributed by atoms with Gasteiger partial charge in [-0.1, -0.05) is 37.6 Å². The number of ether oxygens (including phenoxy) is 1. The molecule has 1 amide bonds. The van der Waals surface area contributed by atoms with Crippen molar-refractivity contribution in [1.29, 1.82) is 0 Å². The van der Waals surface area contributed by atoms with Crippen molar-refractivity contribution >= 4 is 17.5 Å². The number of hydrogen-bond acceptors (Lipinski definition) is 2. The minimum absolute atomic E-state index is 0.0386. The fourth-order valence-electron chi connectivity index (χ4n) is 1.80. The van der Waals surface area contributed by atoms with Crippen LogP contribution in [0, 0.1) is 5.92 Å². The normalized spacial score (nSPS) is 13.3. The molecule has 0 fully saturated rings. The smallest absolute Gasteiger partial charge is 0.246 e. The molecule has 0 spiro atoms. The summed E-state index contributed by atoms with van der Waals surface area (Å²) < 4.78 is 5.49. The first-order valence-electron chi connectivity index (χ1n) is 6.88. The first kappa shape index (κ1) is 17.0. The lowest BCUT2D eigenvalue weighted by Crippen LogP contribution is -2.36. The second-order valence-electron chi connectivity index (χ2n) is 6.24. The van der Waals surface area contributed by atoms with Gasteiger partial charge in [-0.15, -0.1) is 0 Å². The number of carbonyl (C=O) groups excluding carboxylic acids is 1. The van der Waals surface area contributed by atoms with Crippen molar-refractivity contribution in [2.75, 3.05) is 6.61 Å². The molecule has 1 N–H and O–H groups in total. The molecule has 0 aliphatic carbocycles. The Morgan fingerprint density at radius 1 is 1.25 bits per heavy atom. The average Bonchev–Trinajstić information content (AvgIpc) is 2.33. The Kier molecular flexibility index (Phi) is 6.03. The summed E-state index contributed by atoms with van der Waals surface area (Å²) in [7, 11) is 0. The summed E-state index contributed by atoms with van der Waals surface area (Å²) in [6.07, 6.45) is 0. The summed E-state index contributed by atoms with van der Waals surface area (Å²) in [4.78, 5) is 12.0. The first-order valence-corrected chi connectivity index (χ1v) is 7.25. The Balaban J connectivity index is 2.68. The van der Waals surface area contributed by atoms with E-state index in [4.69, 9.17) is 16.3 Å². The van der Waals surface area contributed by atoms with Crippen LogP contribution in [0.3, 0.4) is 0 Å². The van der Waals surface area contributed by atoms with Crippen LogP contribution in [-0.2, 0) is 9.53 Å². The van der Waals surface area contributed by atoms with Gasteiger partial charge in [0.2, 0.25) is 5.91 Å². The largest absolute Gasteiger partial charge is 0.366 e. The van der Waals surface area contributed by atoms with Crippen LogP contribution in [-0.4, -0.2) is 18.1 Å². The Hall–Kier alpha value is -1.06. The monoisotopic (exact) mass is 297 g/mol. The molecule has 1 aromatic rings. The minimum atomic E-state index is -0.315. The summed E-state index contributed by atoms with van der Waals surface area (Å²) in [6.45, 7) is 10.0. The van der Waals surface area contributed by atoms with Crippen LogP contribution in [0.2, 0.25) is 5.02 Å². The maximum Gasteiger partial charge on any atom is 0.246 e. The van der Waals surface area contributed by atoms with E-state index in [1.165, 1.54) is 0 Å². The number of hydrogen-bond donors (Lipinski definition) is 1. The van der Waals surface area contributed by atoms with Crippen LogP contribution in [0.5, 0.6) is 0 Å². The predicted octanol–water partition coefficient (Wildman–Crippen LogP) is 3.97. The zero-order valence-electron chi connectivity index (χ0n) is 12.9. The van der Waals surface area contributed by atoms with E-state index in [2.05, 4.69) is 19.2 Å². The van der Waals surface area contributed by atoms with E-state index in [1.54, 1.807) is 0 Å². The lowest BCUT2D eigenvalue weighted by Gasteiger charge is -2.25. The van der Waals surface area contributed by atoms with Crippen molar-refractivity contribution in [3.05, 3.63) is 34.9 Å². The SMILES string of the molecule is CC(C)C(NC(=O)COC(C)(C)C)c1ccc(Cl)cc1. The molecule has 1 aromatic carbocycles. The van der Waals surface area contributed by atoms with Crippen LogP contribution in [0.4, 0.5) is 0 Å². The van der Waals surface area contributed by atoms with Gasteiger partial charge in [0.1, 0.15) is 6.61 Å². The standard InChI is InChI=1S/C16H24ClNO2/c1-11(2)15(12-6-8-13(17)9-7-12)18-14(19)10-20-16(3,4)5/h6-9,11,15H,10H2,1-5H3,(H,18,19). The summed E-state index contributed by atoms with van der Waals surface area (Å²) in [6, 6.07) is 7.52. The molecule has 1 rings (SSSR count). The van der Waals surface area contributed by atoms with Crippen molar-refractivity contribution in [3.8, 4) is 0 Å². The lowest BCUT2D eigenvalue weighted by molar-refractivity contribution is -0.131. The van der Waals surface area contributed by atoms with Gasteiger partial charge in [-0.05, 0) is 44.4 Å². The van der Waals surface area contributed by atoms with Gasteiger partial charge >= 0.3 is 0 Å². The highest BCUT2D eigenvalue weighted by atomic mass is 35.5. The number of nitrogens with one attached hydrogen (secondary N) is 1. The van der Waals surface area contributed by atoms with Crippen LogP contribution in [0.25, 0.3) is 0 Å². The maximum atomic E-state index is 12.0. The molecule has 1 atom stereocenters. The summed E-state index contributed by atoms with van der Waals surface area (Å²) in [5, 5.41) is 3.71. The Labute approximate surface area is 126 Å². The maximum absolute atomic E-state index is 12.0. The zero-order chi connectivity index (χ0) is 15.3. The van der Waals surface area contributed by atoms with Gasteiger partial charge < -0.3 is 10.1 Å². The van der Waals surface area contributed by atoms with Crippen LogP contribution < -0.4 is 5.32 Å². The molecule has 112 valence electrons. The molecule has 0 saturated carbocycles. The fourth-order valence-corrected chi connectivity index (χ4v) is 1.93. The number of benzene rings is 1. The van der Waals surface area contributed by atoms with Gasteiger partial charge in [0.25, 0.3) is 0 Å². The fraction of sp³-hybridized carbons (Fsp3) is 0.562. The van der Waals surface area contributed by atoms with Crippen LogP contribution >= 0.6 is 11.6 Å². The molecule has 1 unspecified atom stereocenters. The average molecular weight is 298 g/mol. The van der Waals surface area contributed by atoms with Crippen molar-refractivity contribution in [3.63, 3.8) is 0 Å². The van der Waals surface area contributed by atoms with Gasteiger partial charge in [-0.2, -0.15) is 0 Å². The van der Waals surface area contributed by atoms with E-state index in [0.29, 0.717) is 5.02 Å². The van der Waals surface area contributed by atoms with E-state index < -0.39 is 0 Å². The van der Waals surface area contributed by atoms with Crippen molar-refractivity contribution in [1.82, 2.24) is 5.32 Å². The number of carbonyl (C=O) groups is 1. The first-order chi connectivity index (χ1) is 9.19. The molecule has 0 aromatic heterocycles. The second kappa shape index (κ2) is 7.09. The van der Waals surface area contributed by atoms with Gasteiger partial charge in [-0.25, -0.2) is 0 Å². The molecular formula is C16H24ClNO2. The van der Waals surface area contributed by atoms with E-state index >= 15 is 0 Å². The van der Waals surface area contributed by atoms with E-state index in [9.17, 15) is 4.79 Å². The third-order valence-corrected chi connectivity index (χ3v) is 3.10. The predicted molar refractivity (Wildman–Crippen MR) is 82.9 cm³/mol. The highest BCUT2D eigenvalue weighted by Gasteiger charge is 2.20. The van der Waals surface area contributed by atoms with Gasteiger partial charge in [0, 0.05) is 5.02 Å². The van der Waals surface area contributed by atoms with Gasteiger partial charge in [0.15, 0.2) is 0 Å².